The summed E-state index contributed by atoms with van der Waals surface area (Å²) in [4.78, 5) is 35.0. The molecule has 2 atom stereocenters. The molecule has 1 aliphatic rings. The number of methoxy groups -OCH3 is 1. The Morgan fingerprint density at radius 1 is 1.38 bits per heavy atom. The first-order valence-corrected chi connectivity index (χ1v) is 8.63. The molecule has 29 heavy (non-hydrogen) atoms. The van der Waals surface area contributed by atoms with Gasteiger partial charge in [-0.1, -0.05) is 30.3 Å². The first-order chi connectivity index (χ1) is 13.9. The van der Waals surface area contributed by atoms with E-state index >= 15 is 0 Å². The van der Waals surface area contributed by atoms with Gasteiger partial charge in [-0.05, 0) is 5.56 Å². The quantitative estimate of drug-likeness (QED) is 0.290. The van der Waals surface area contributed by atoms with Crippen LogP contribution in [0, 0.1) is 16.0 Å². The lowest BCUT2D eigenvalue weighted by molar-refractivity contribution is -0.385. The summed E-state index contributed by atoms with van der Waals surface area (Å²) in [6.45, 7) is 0.327. The molecule has 1 fully saturated rings. The Hall–Kier alpha value is -3.95. The highest BCUT2D eigenvalue weighted by molar-refractivity contribution is 6.03. The van der Waals surface area contributed by atoms with Gasteiger partial charge in [0.05, 0.1) is 24.3 Å². The third-order valence-corrected chi connectivity index (χ3v) is 4.59. The summed E-state index contributed by atoms with van der Waals surface area (Å²) in [6.07, 6.45) is 1.05. The molecule has 10 nitrogen and oxygen atoms in total. The smallest absolute Gasteiger partial charge is 0.274 e. The van der Waals surface area contributed by atoms with Crippen molar-refractivity contribution >= 4 is 23.7 Å². The number of nitro groups is 1. The van der Waals surface area contributed by atoms with Crippen LogP contribution < -0.4 is 15.5 Å². The topological polar surface area (TPSA) is 143 Å². The summed E-state index contributed by atoms with van der Waals surface area (Å²) in [6, 6.07) is 11.3. The normalized spacial score (nSPS) is 18.4. The van der Waals surface area contributed by atoms with Crippen molar-refractivity contribution in [1.82, 2.24) is 10.7 Å². The number of phenols is 1. The molecule has 0 saturated carbocycles. The van der Waals surface area contributed by atoms with E-state index in [1.54, 1.807) is 0 Å². The molecule has 1 heterocycles. The molecular weight excluding hydrogens is 380 g/mol. The second-order valence-electron chi connectivity index (χ2n) is 6.32. The van der Waals surface area contributed by atoms with Gasteiger partial charge in [-0.3, -0.25) is 19.7 Å². The van der Waals surface area contributed by atoms with Crippen LogP contribution in [0.15, 0.2) is 47.6 Å². The number of hydrogen-bond acceptors (Lipinski definition) is 7. The zero-order chi connectivity index (χ0) is 21.0. The number of hydrazone groups is 1. The number of hydrogen-bond donors (Lipinski definition) is 3. The first kappa shape index (κ1) is 19.8. The van der Waals surface area contributed by atoms with Crippen LogP contribution in [0.5, 0.6) is 11.5 Å². The van der Waals surface area contributed by atoms with Gasteiger partial charge in [0.15, 0.2) is 11.5 Å². The van der Waals surface area contributed by atoms with Crippen LogP contribution in [0.2, 0.25) is 0 Å². The largest absolute Gasteiger partial charge is 0.504 e. The van der Waals surface area contributed by atoms with Crippen LogP contribution in [0.3, 0.4) is 0 Å². The van der Waals surface area contributed by atoms with Crippen molar-refractivity contribution in [2.45, 2.75) is 5.92 Å². The fourth-order valence-corrected chi connectivity index (χ4v) is 3.14. The van der Waals surface area contributed by atoms with Gasteiger partial charge in [0, 0.05) is 24.1 Å². The fraction of sp³-hybridized carbons (Fsp3) is 0.211. The van der Waals surface area contributed by atoms with E-state index in [0.29, 0.717) is 6.54 Å². The molecule has 150 valence electrons. The number of carbonyl (C=O) groups excluding carboxylic acids is 2. The van der Waals surface area contributed by atoms with Crippen LogP contribution in [0.25, 0.3) is 0 Å². The molecule has 0 aliphatic carbocycles. The summed E-state index contributed by atoms with van der Waals surface area (Å²) >= 11 is 0. The molecule has 0 bridgehead atoms. The number of nitro benzene ring substituents is 1. The zero-order valence-corrected chi connectivity index (χ0v) is 15.4. The Morgan fingerprint density at radius 2 is 2.10 bits per heavy atom. The van der Waals surface area contributed by atoms with Crippen LogP contribution in [-0.2, 0) is 9.59 Å². The summed E-state index contributed by atoms with van der Waals surface area (Å²) in [5.41, 5.74) is 2.77. The van der Waals surface area contributed by atoms with Crippen molar-refractivity contribution in [3.8, 4) is 11.5 Å². The van der Waals surface area contributed by atoms with Gasteiger partial charge in [0.1, 0.15) is 5.92 Å². The number of carbonyl (C=O) groups is 2. The maximum Gasteiger partial charge on any atom is 0.274 e. The van der Waals surface area contributed by atoms with E-state index < -0.39 is 22.7 Å². The maximum atomic E-state index is 12.5. The lowest BCUT2D eigenvalue weighted by atomic mass is 9.88. The summed E-state index contributed by atoms with van der Waals surface area (Å²) in [7, 11) is 1.25. The van der Waals surface area contributed by atoms with Gasteiger partial charge in [0.25, 0.3) is 11.6 Å². The lowest BCUT2D eigenvalue weighted by Gasteiger charge is -2.15. The van der Waals surface area contributed by atoms with Gasteiger partial charge in [-0.2, -0.15) is 5.10 Å². The molecule has 0 aromatic heterocycles. The van der Waals surface area contributed by atoms with E-state index in [1.165, 1.54) is 7.11 Å². The molecule has 1 saturated heterocycles. The number of ether oxygens (including phenoxy) is 1. The van der Waals surface area contributed by atoms with Gasteiger partial charge in [0.2, 0.25) is 5.91 Å². The molecule has 3 rings (SSSR count). The van der Waals surface area contributed by atoms with E-state index in [1.807, 2.05) is 30.3 Å². The molecule has 0 spiro atoms. The average molecular weight is 398 g/mol. The average Bonchev–Trinajstić information content (AvgIpc) is 3.11. The van der Waals surface area contributed by atoms with E-state index in [9.17, 15) is 24.8 Å². The number of nitrogens with one attached hydrogen (secondary N) is 2. The molecule has 2 aromatic carbocycles. The first-order valence-electron chi connectivity index (χ1n) is 8.63. The Kier molecular flexibility index (Phi) is 5.72. The fourth-order valence-electron chi connectivity index (χ4n) is 3.14. The number of non-ortho nitro benzene ring substituents is 1. The highest BCUT2D eigenvalue weighted by Gasteiger charge is 2.40. The molecular formula is C19H18N4O6. The third-order valence-electron chi connectivity index (χ3n) is 4.59. The summed E-state index contributed by atoms with van der Waals surface area (Å²) < 4.78 is 4.91. The lowest BCUT2D eigenvalue weighted by Crippen LogP contribution is -2.34. The molecule has 2 aromatic rings. The monoisotopic (exact) mass is 398 g/mol. The predicted molar refractivity (Wildman–Crippen MR) is 103 cm³/mol. The Bertz CT molecular complexity index is 976. The summed E-state index contributed by atoms with van der Waals surface area (Å²) in [5.74, 6) is -2.82. The van der Waals surface area contributed by atoms with Crippen LogP contribution >= 0.6 is 0 Å². The van der Waals surface area contributed by atoms with E-state index in [-0.39, 0.29) is 28.7 Å². The predicted octanol–water partition coefficient (Wildman–Crippen LogP) is 1.29. The summed E-state index contributed by atoms with van der Waals surface area (Å²) in [5, 5.41) is 27.5. The number of aromatic hydroxyl groups is 1. The van der Waals surface area contributed by atoms with Gasteiger partial charge in [-0.15, -0.1) is 0 Å². The Morgan fingerprint density at radius 3 is 2.76 bits per heavy atom. The molecule has 0 unspecified atom stereocenters. The van der Waals surface area contributed by atoms with Crippen molar-refractivity contribution in [1.29, 1.82) is 0 Å². The van der Waals surface area contributed by atoms with Crippen molar-refractivity contribution in [3.05, 3.63) is 63.7 Å². The number of amides is 2. The number of benzene rings is 2. The minimum absolute atomic E-state index is 0.0215. The molecule has 0 radical (unpaired) electrons. The Balaban J connectivity index is 1.78. The third kappa shape index (κ3) is 4.15. The van der Waals surface area contributed by atoms with Crippen LogP contribution in [0.1, 0.15) is 17.0 Å². The highest BCUT2D eigenvalue weighted by Crippen LogP contribution is 2.33. The zero-order valence-electron chi connectivity index (χ0n) is 15.4. The Labute approximate surface area is 165 Å². The SMILES string of the molecule is COc1cc([N+](=O)[O-])cc(C=NNC(=O)[C@H]2C(=O)NC[C@H]2c2ccccc2)c1O. The second kappa shape index (κ2) is 8.38. The van der Waals surface area contributed by atoms with Crippen molar-refractivity contribution < 1.29 is 24.4 Å². The van der Waals surface area contributed by atoms with Crippen molar-refractivity contribution in [2.24, 2.45) is 11.0 Å². The second-order valence-corrected chi connectivity index (χ2v) is 6.32. The minimum atomic E-state index is -0.970. The molecule has 10 heteroatoms. The van der Waals surface area contributed by atoms with Gasteiger partial charge < -0.3 is 15.2 Å². The van der Waals surface area contributed by atoms with Crippen molar-refractivity contribution in [3.63, 3.8) is 0 Å². The highest BCUT2D eigenvalue weighted by atomic mass is 16.6. The maximum absolute atomic E-state index is 12.5. The van der Waals surface area contributed by atoms with Crippen LogP contribution in [-0.4, -0.2) is 41.7 Å². The van der Waals surface area contributed by atoms with Gasteiger partial charge >= 0.3 is 0 Å². The number of rotatable bonds is 6. The standard InChI is InChI=1S/C19H18N4O6/c1-29-15-8-13(23(27)28)7-12(17(15)24)9-21-22-19(26)16-14(10-20-18(16)25)11-5-3-2-4-6-11/h2-9,14,16,24H,10H2,1H3,(H,20,25)(H,22,26)/t14-,16+/m0/s1. The molecule has 2 amide bonds. The number of nitrogens with zero attached hydrogens (tertiary/aromatic N) is 2. The molecule has 3 N–H and O–H groups in total. The van der Waals surface area contributed by atoms with E-state index in [2.05, 4.69) is 15.8 Å². The van der Waals surface area contributed by atoms with E-state index in [4.69, 9.17) is 4.74 Å². The molecule has 1 aliphatic heterocycles. The van der Waals surface area contributed by atoms with E-state index in [0.717, 1.165) is 23.9 Å². The van der Waals surface area contributed by atoms with Crippen LogP contribution in [0.4, 0.5) is 5.69 Å². The minimum Gasteiger partial charge on any atom is -0.504 e. The number of phenolic OH excluding ortho intramolecular Hbond substituents is 1. The van der Waals surface area contributed by atoms with Crippen molar-refractivity contribution in [2.75, 3.05) is 13.7 Å². The van der Waals surface area contributed by atoms with Gasteiger partial charge in [-0.25, -0.2) is 5.43 Å².